The minimum absolute atomic E-state index is 0.0296. The van der Waals surface area contributed by atoms with Crippen molar-refractivity contribution in [2.24, 2.45) is 0 Å². The molecular formula is C17H29NO3Si. The van der Waals surface area contributed by atoms with Crippen molar-refractivity contribution in [1.29, 1.82) is 0 Å². The van der Waals surface area contributed by atoms with E-state index in [1.807, 2.05) is 31.2 Å². The number of hydroxylamine groups is 2. The van der Waals surface area contributed by atoms with Gasteiger partial charge in [-0.1, -0.05) is 50.6 Å². The zero-order valence-corrected chi connectivity index (χ0v) is 16.1. The van der Waals surface area contributed by atoms with E-state index in [9.17, 15) is 4.79 Å². The van der Waals surface area contributed by atoms with Crippen molar-refractivity contribution in [2.75, 3.05) is 14.2 Å². The normalized spacial score (nSPS) is 13.8. The van der Waals surface area contributed by atoms with Gasteiger partial charge in [0.2, 0.25) is 0 Å². The third-order valence-electron chi connectivity index (χ3n) is 4.41. The molecule has 0 aromatic heterocycles. The number of carbonyl (C=O) groups excluding carboxylic acids is 1. The van der Waals surface area contributed by atoms with Crippen LogP contribution in [0.15, 0.2) is 24.3 Å². The molecule has 0 bridgehead atoms. The number of benzene rings is 1. The molecule has 0 radical (unpaired) electrons. The maximum Gasteiger partial charge on any atom is 0.278 e. The monoisotopic (exact) mass is 323 g/mol. The number of aryl methyl sites for hydroxylation is 1. The van der Waals surface area contributed by atoms with Gasteiger partial charge in [-0.25, -0.2) is 5.06 Å². The lowest BCUT2D eigenvalue weighted by molar-refractivity contribution is -0.177. The number of rotatable bonds is 5. The molecule has 0 aliphatic heterocycles. The second kappa shape index (κ2) is 6.94. The predicted octanol–water partition coefficient (Wildman–Crippen LogP) is 4.08. The fourth-order valence-corrected chi connectivity index (χ4v) is 2.91. The van der Waals surface area contributed by atoms with Crippen LogP contribution in [0.2, 0.25) is 18.1 Å². The Hall–Kier alpha value is -1.17. The summed E-state index contributed by atoms with van der Waals surface area (Å²) in [5.74, 6) is -0.184. The van der Waals surface area contributed by atoms with Crippen molar-refractivity contribution in [3.63, 3.8) is 0 Å². The standard InChI is InChI=1S/C17H29NO3Si/c1-13-9-11-14(12-10-13)15(16(19)18(5)20-6)21-22(7,8)17(2,3)4/h9-12,15H,1-8H3. The quantitative estimate of drug-likeness (QED) is 0.605. The van der Waals surface area contributed by atoms with E-state index in [4.69, 9.17) is 9.26 Å². The summed E-state index contributed by atoms with van der Waals surface area (Å²) in [5, 5.41) is 1.26. The first-order valence-corrected chi connectivity index (χ1v) is 10.5. The van der Waals surface area contributed by atoms with Crippen molar-refractivity contribution in [3.8, 4) is 0 Å². The summed E-state index contributed by atoms with van der Waals surface area (Å²) in [4.78, 5) is 17.7. The topological polar surface area (TPSA) is 38.8 Å². The minimum atomic E-state index is -2.09. The first-order valence-electron chi connectivity index (χ1n) is 7.55. The van der Waals surface area contributed by atoms with Crippen molar-refractivity contribution >= 4 is 14.2 Å². The van der Waals surface area contributed by atoms with E-state index in [2.05, 4.69) is 33.9 Å². The summed E-state index contributed by atoms with van der Waals surface area (Å²) in [5.41, 5.74) is 2.02. The molecule has 1 unspecified atom stereocenters. The van der Waals surface area contributed by atoms with Gasteiger partial charge in [-0.2, -0.15) is 0 Å². The van der Waals surface area contributed by atoms with E-state index in [1.165, 1.54) is 12.2 Å². The van der Waals surface area contributed by atoms with Crippen LogP contribution in [-0.4, -0.2) is 33.4 Å². The van der Waals surface area contributed by atoms with E-state index in [-0.39, 0.29) is 10.9 Å². The highest BCUT2D eigenvalue weighted by molar-refractivity contribution is 6.74. The molecule has 1 amide bonds. The minimum Gasteiger partial charge on any atom is -0.401 e. The Morgan fingerprint density at radius 3 is 2.09 bits per heavy atom. The van der Waals surface area contributed by atoms with Crippen molar-refractivity contribution < 1.29 is 14.1 Å². The second-order valence-corrected chi connectivity index (χ2v) is 11.9. The average molecular weight is 324 g/mol. The molecule has 0 saturated heterocycles. The van der Waals surface area contributed by atoms with Crippen molar-refractivity contribution in [3.05, 3.63) is 35.4 Å². The van der Waals surface area contributed by atoms with Gasteiger partial charge >= 0.3 is 0 Å². The molecular weight excluding hydrogens is 294 g/mol. The van der Waals surface area contributed by atoms with Gasteiger partial charge in [0.05, 0.1) is 7.11 Å². The van der Waals surface area contributed by atoms with Crippen LogP contribution in [0.25, 0.3) is 0 Å². The summed E-state index contributed by atoms with van der Waals surface area (Å²) in [6, 6.07) is 7.90. The number of hydrogen-bond donors (Lipinski definition) is 0. The highest BCUT2D eigenvalue weighted by atomic mass is 28.4. The van der Waals surface area contributed by atoms with Crippen LogP contribution in [0.5, 0.6) is 0 Å². The van der Waals surface area contributed by atoms with Crippen LogP contribution in [0, 0.1) is 6.92 Å². The summed E-state index contributed by atoms with van der Waals surface area (Å²) in [6.07, 6.45) is -0.633. The number of amides is 1. The number of nitrogens with zero attached hydrogens (tertiary/aromatic N) is 1. The molecule has 0 fully saturated rings. The molecule has 22 heavy (non-hydrogen) atoms. The molecule has 1 aromatic rings. The zero-order valence-electron chi connectivity index (χ0n) is 15.1. The molecule has 1 aromatic carbocycles. The Kier molecular flexibility index (Phi) is 5.95. The van der Waals surface area contributed by atoms with Crippen LogP contribution >= 0.6 is 0 Å². The van der Waals surface area contributed by atoms with Gasteiger partial charge in [-0.3, -0.25) is 9.63 Å². The van der Waals surface area contributed by atoms with Gasteiger partial charge in [-0.05, 0) is 30.6 Å². The first kappa shape index (κ1) is 18.9. The average Bonchev–Trinajstić information content (AvgIpc) is 2.43. The predicted molar refractivity (Wildman–Crippen MR) is 92.0 cm³/mol. The van der Waals surface area contributed by atoms with Crippen LogP contribution in [0.4, 0.5) is 0 Å². The van der Waals surface area contributed by atoms with E-state index < -0.39 is 14.4 Å². The maximum atomic E-state index is 12.7. The Balaban J connectivity index is 3.18. The van der Waals surface area contributed by atoms with E-state index >= 15 is 0 Å². The van der Waals surface area contributed by atoms with Gasteiger partial charge in [0, 0.05) is 7.05 Å². The highest BCUT2D eigenvalue weighted by Crippen LogP contribution is 2.40. The molecule has 0 saturated carbocycles. The number of carbonyl (C=O) groups is 1. The molecule has 0 aliphatic rings. The van der Waals surface area contributed by atoms with Gasteiger partial charge in [0.1, 0.15) is 0 Å². The Labute approximate surface area is 135 Å². The number of hydrogen-bond acceptors (Lipinski definition) is 3. The molecule has 4 nitrogen and oxygen atoms in total. The maximum absolute atomic E-state index is 12.7. The fourth-order valence-electron chi connectivity index (χ4n) is 1.73. The van der Waals surface area contributed by atoms with Crippen LogP contribution in [0.1, 0.15) is 38.0 Å². The van der Waals surface area contributed by atoms with E-state index in [1.54, 1.807) is 7.05 Å². The highest BCUT2D eigenvalue weighted by Gasteiger charge is 2.41. The van der Waals surface area contributed by atoms with Gasteiger partial charge < -0.3 is 4.43 Å². The second-order valence-electron chi connectivity index (χ2n) is 7.19. The molecule has 1 atom stereocenters. The summed E-state index contributed by atoms with van der Waals surface area (Å²) in [7, 11) is 1.00. The molecule has 0 spiro atoms. The van der Waals surface area contributed by atoms with Gasteiger partial charge in [0.25, 0.3) is 5.91 Å². The van der Waals surface area contributed by atoms with Gasteiger partial charge in [0.15, 0.2) is 14.4 Å². The van der Waals surface area contributed by atoms with E-state index in [0.29, 0.717) is 0 Å². The number of likely N-dealkylation sites (N-methyl/N-ethyl adjacent to an activating group) is 1. The Morgan fingerprint density at radius 2 is 1.68 bits per heavy atom. The first-order chi connectivity index (χ1) is 9.99. The van der Waals surface area contributed by atoms with Crippen LogP contribution in [0.3, 0.4) is 0 Å². The van der Waals surface area contributed by atoms with Crippen molar-refractivity contribution in [2.45, 2.75) is 51.9 Å². The molecule has 1 rings (SSSR count). The molecule has 0 N–H and O–H groups in total. The lowest BCUT2D eigenvalue weighted by atomic mass is 10.1. The largest absolute Gasteiger partial charge is 0.401 e. The van der Waals surface area contributed by atoms with E-state index in [0.717, 1.165) is 11.1 Å². The summed E-state index contributed by atoms with van der Waals surface area (Å²) < 4.78 is 6.38. The summed E-state index contributed by atoms with van der Waals surface area (Å²) in [6.45, 7) is 12.8. The Bertz CT molecular complexity index is 506. The lowest BCUT2D eigenvalue weighted by Gasteiger charge is -2.39. The molecule has 0 aliphatic carbocycles. The van der Waals surface area contributed by atoms with Crippen LogP contribution in [-0.2, 0) is 14.1 Å². The third-order valence-corrected chi connectivity index (χ3v) is 8.84. The molecule has 0 heterocycles. The zero-order chi connectivity index (χ0) is 17.1. The smallest absolute Gasteiger partial charge is 0.278 e. The molecule has 5 heteroatoms. The summed E-state index contributed by atoms with van der Waals surface area (Å²) >= 11 is 0. The molecule has 124 valence electrons. The lowest BCUT2D eigenvalue weighted by Crippen LogP contribution is -2.45. The third kappa shape index (κ3) is 4.41. The fraction of sp³-hybridized carbons (Fsp3) is 0.588. The van der Waals surface area contributed by atoms with Crippen LogP contribution < -0.4 is 0 Å². The Morgan fingerprint density at radius 1 is 1.18 bits per heavy atom. The van der Waals surface area contributed by atoms with Crippen molar-refractivity contribution in [1.82, 2.24) is 5.06 Å². The van der Waals surface area contributed by atoms with Gasteiger partial charge in [-0.15, -0.1) is 0 Å². The SMILES string of the molecule is CON(C)C(=O)C(O[Si](C)(C)C(C)(C)C)c1ccc(C)cc1.